The van der Waals surface area contributed by atoms with E-state index in [2.05, 4.69) is 15.5 Å². The van der Waals surface area contributed by atoms with Gasteiger partial charge in [0.05, 0.1) is 12.6 Å². The molecule has 7 nitrogen and oxygen atoms in total. The summed E-state index contributed by atoms with van der Waals surface area (Å²) in [5, 5.41) is 20.7. The number of nitrogens with two attached hydrogens (primary N) is 1. The maximum absolute atomic E-state index is 12.5. The molecule has 0 saturated heterocycles. The van der Waals surface area contributed by atoms with Crippen LogP contribution in [0.4, 0.5) is 9.93 Å². The first-order chi connectivity index (χ1) is 11.0. The van der Waals surface area contributed by atoms with E-state index in [4.69, 9.17) is 10.8 Å². The Hall–Kier alpha value is -1.71. The van der Waals surface area contributed by atoms with Gasteiger partial charge < -0.3 is 21.1 Å². The molecule has 2 heterocycles. The molecule has 2 rings (SSSR count). The molecule has 0 aliphatic carbocycles. The molecule has 0 spiro atoms. The van der Waals surface area contributed by atoms with Gasteiger partial charge in [-0.2, -0.15) is 0 Å². The number of aliphatic hydroxyl groups excluding tert-OH is 1. The number of rotatable bonds is 7. The van der Waals surface area contributed by atoms with Crippen molar-refractivity contribution in [3.8, 4) is 0 Å². The van der Waals surface area contributed by atoms with Crippen LogP contribution in [0.15, 0.2) is 12.1 Å². The zero-order valence-electron chi connectivity index (χ0n) is 13.2. The lowest BCUT2D eigenvalue weighted by atomic mass is 10.3. The molecule has 0 fully saturated rings. The van der Waals surface area contributed by atoms with Crippen LogP contribution in [-0.2, 0) is 6.54 Å². The lowest BCUT2D eigenvalue weighted by Crippen LogP contribution is -2.41. The maximum atomic E-state index is 12.5. The van der Waals surface area contributed by atoms with Crippen LogP contribution >= 0.6 is 22.7 Å². The molecule has 0 unspecified atom stereocenters. The van der Waals surface area contributed by atoms with Gasteiger partial charge >= 0.3 is 6.03 Å². The van der Waals surface area contributed by atoms with E-state index >= 15 is 0 Å². The number of hydrogen-bond acceptors (Lipinski definition) is 7. The highest BCUT2D eigenvalue weighted by molar-refractivity contribution is 7.15. The van der Waals surface area contributed by atoms with Gasteiger partial charge in [0.2, 0.25) is 5.13 Å². The fourth-order valence-electron chi connectivity index (χ4n) is 2.03. The molecular formula is C14H21N5O2S2. The van der Waals surface area contributed by atoms with Crippen molar-refractivity contribution < 1.29 is 9.90 Å². The second-order valence-corrected chi connectivity index (χ2v) is 7.57. The second kappa shape index (κ2) is 8.23. The van der Waals surface area contributed by atoms with Gasteiger partial charge in [-0.25, -0.2) is 4.79 Å². The summed E-state index contributed by atoms with van der Waals surface area (Å²) in [5.74, 6) is 0. The summed E-state index contributed by atoms with van der Waals surface area (Å²) in [5.41, 5.74) is 5.57. The van der Waals surface area contributed by atoms with Gasteiger partial charge in [-0.05, 0) is 32.4 Å². The molecule has 0 aromatic carbocycles. The van der Waals surface area contributed by atoms with Crippen molar-refractivity contribution in [2.75, 3.05) is 18.9 Å². The van der Waals surface area contributed by atoms with Crippen molar-refractivity contribution in [3.05, 3.63) is 26.9 Å². The monoisotopic (exact) mass is 355 g/mol. The van der Waals surface area contributed by atoms with Crippen molar-refractivity contribution in [1.82, 2.24) is 20.4 Å². The van der Waals surface area contributed by atoms with Gasteiger partial charge in [-0.3, -0.25) is 0 Å². The Morgan fingerprint density at radius 1 is 1.43 bits per heavy atom. The molecule has 0 aliphatic heterocycles. The van der Waals surface area contributed by atoms with Crippen molar-refractivity contribution in [2.24, 2.45) is 0 Å². The van der Waals surface area contributed by atoms with Crippen molar-refractivity contribution in [2.45, 2.75) is 32.9 Å². The van der Waals surface area contributed by atoms with Crippen LogP contribution < -0.4 is 11.1 Å². The summed E-state index contributed by atoms with van der Waals surface area (Å²) >= 11 is 2.92. The summed E-state index contributed by atoms with van der Waals surface area (Å²) in [6.45, 7) is 4.95. The normalized spacial score (nSPS) is 12.1. The van der Waals surface area contributed by atoms with Crippen LogP contribution in [0.25, 0.3) is 0 Å². The fraction of sp³-hybridized carbons (Fsp3) is 0.500. The predicted molar refractivity (Wildman–Crippen MR) is 92.4 cm³/mol. The van der Waals surface area contributed by atoms with E-state index in [1.165, 1.54) is 16.2 Å². The zero-order valence-corrected chi connectivity index (χ0v) is 14.8. The largest absolute Gasteiger partial charge is 0.396 e. The fourth-order valence-corrected chi connectivity index (χ4v) is 3.55. The number of nitrogens with zero attached hydrogens (tertiary/aromatic N) is 3. The smallest absolute Gasteiger partial charge is 0.318 e. The first kappa shape index (κ1) is 17.6. The van der Waals surface area contributed by atoms with Crippen LogP contribution in [-0.4, -0.2) is 39.4 Å². The SMILES string of the molecule is Cc1ccc(CN(CCCO)C(=O)N[C@@H](C)c2nnc(N)s2)s1. The second-order valence-electron chi connectivity index (χ2n) is 5.16. The van der Waals surface area contributed by atoms with E-state index in [1.54, 1.807) is 16.2 Å². The number of hydrogen-bond donors (Lipinski definition) is 3. The third kappa shape index (κ3) is 5.15. The number of amides is 2. The minimum absolute atomic E-state index is 0.0513. The summed E-state index contributed by atoms with van der Waals surface area (Å²) in [6, 6.07) is 3.60. The highest BCUT2D eigenvalue weighted by atomic mass is 32.1. The lowest BCUT2D eigenvalue weighted by Gasteiger charge is -2.24. The number of aromatic nitrogens is 2. The Morgan fingerprint density at radius 3 is 2.78 bits per heavy atom. The number of thiophene rings is 1. The number of anilines is 1. The van der Waals surface area contributed by atoms with Gasteiger partial charge in [0.1, 0.15) is 5.01 Å². The maximum Gasteiger partial charge on any atom is 0.318 e. The van der Waals surface area contributed by atoms with Crippen LogP contribution in [0.2, 0.25) is 0 Å². The molecule has 0 saturated carbocycles. The van der Waals surface area contributed by atoms with Crippen LogP contribution in [0.5, 0.6) is 0 Å². The predicted octanol–water partition coefficient (Wildman–Crippen LogP) is 2.15. The first-order valence-corrected chi connectivity index (χ1v) is 8.93. The standard InChI is InChI=1S/C14H21N5O2S2/c1-9-4-5-11(22-9)8-19(6-3-7-20)14(21)16-10(2)12-17-18-13(15)23-12/h4-5,10,20H,3,6-8H2,1-2H3,(H2,15,18)(H,16,21)/t10-/m0/s1. The van der Waals surface area contributed by atoms with Gasteiger partial charge in [0.15, 0.2) is 0 Å². The molecule has 23 heavy (non-hydrogen) atoms. The van der Waals surface area contributed by atoms with E-state index < -0.39 is 0 Å². The number of carbonyl (C=O) groups excluding carboxylic acids is 1. The van der Waals surface area contributed by atoms with Gasteiger partial charge in [0.25, 0.3) is 0 Å². The minimum Gasteiger partial charge on any atom is -0.396 e. The topological polar surface area (TPSA) is 104 Å². The highest BCUT2D eigenvalue weighted by Crippen LogP contribution is 2.20. The zero-order chi connectivity index (χ0) is 16.8. The van der Waals surface area contributed by atoms with E-state index in [9.17, 15) is 4.79 Å². The van der Waals surface area contributed by atoms with E-state index in [0.29, 0.717) is 29.6 Å². The molecule has 9 heteroatoms. The van der Waals surface area contributed by atoms with Crippen molar-refractivity contribution in [1.29, 1.82) is 0 Å². The summed E-state index contributed by atoms with van der Waals surface area (Å²) in [7, 11) is 0. The Kier molecular flexibility index (Phi) is 6.31. The molecule has 4 N–H and O–H groups in total. The number of nitrogen functional groups attached to an aromatic ring is 1. The van der Waals surface area contributed by atoms with Crippen LogP contribution in [0.1, 0.15) is 34.1 Å². The molecule has 0 radical (unpaired) electrons. The molecule has 0 bridgehead atoms. The third-order valence-corrected chi connectivity index (χ3v) is 5.10. The quantitative estimate of drug-likeness (QED) is 0.706. The molecule has 126 valence electrons. The first-order valence-electron chi connectivity index (χ1n) is 7.30. The number of nitrogens with one attached hydrogen (secondary N) is 1. The lowest BCUT2D eigenvalue weighted by molar-refractivity contribution is 0.184. The molecule has 1 atom stereocenters. The number of urea groups is 1. The number of aliphatic hydroxyl groups is 1. The van der Waals surface area contributed by atoms with Gasteiger partial charge in [-0.15, -0.1) is 21.5 Å². The Bertz CT molecular complexity index is 643. The van der Waals surface area contributed by atoms with E-state index in [0.717, 1.165) is 4.88 Å². The van der Waals surface area contributed by atoms with Crippen molar-refractivity contribution in [3.63, 3.8) is 0 Å². The Balaban J connectivity index is 2.00. The molecule has 2 amide bonds. The Morgan fingerprint density at radius 2 is 2.22 bits per heavy atom. The minimum atomic E-state index is -0.265. The Labute approximate surface area is 143 Å². The van der Waals surface area contributed by atoms with Crippen molar-refractivity contribution >= 4 is 33.8 Å². The molecular weight excluding hydrogens is 334 g/mol. The van der Waals surface area contributed by atoms with Crippen LogP contribution in [0, 0.1) is 6.92 Å². The number of carbonyl (C=O) groups is 1. The molecule has 2 aromatic heterocycles. The third-order valence-electron chi connectivity index (χ3n) is 3.18. The molecule has 0 aliphatic rings. The number of aryl methyl sites for hydroxylation is 1. The summed E-state index contributed by atoms with van der Waals surface area (Å²) < 4.78 is 0. The van der Waals surface area contributed by atoms with Crippen LogP contribution in [0.3, 0.4) is 0 Å². The summed E-state index contributed by atoms with van der Waals surface area (Å²) in [6.07, 6.45) is 0.540. The highest BCUT2D eigenvalue weighted by Gasteiger charge is 2.19. The average molecular weight is 355 g/mol. The molecule has 2 aromatic rings. The van der Waals surface area contributed by atoms with E-state index in [-0.39, 0.29) is 18.7 Å². The average Bonchev–Trinajstić information content (AvgIpc) is 3.12. The van der Waals surface area contributed by atoms with Gasteiger partial charge in [0, 0.05) is 22.9 Å². The summed E-state index contributed by atoms with van der Waals surface area (Å²) in [4.78, 5) is 16.5. The van der Waals surface area contributed by atoms with E-state index in [1.807, 2.05) is 26.0 Å². The van der Waals surface area contributed by atoms with Gasteiger partial charge in [-0.1, -0.05) is 11.3 Å².